The predicted molar refractivity (Wildman–Crippen MR) is 167 cm³/mol. The molecule has 0 saturated heterocycles. The molecular formula is C35H54O7. The summed E-state index contributed by atoms with van der Waals surface area (Å²) in [5.41, 5.74) is 1.71. The highest BCUT2D eigenvalue weighted by molar-refractivity contribution is 5.94. The second kappa shape index (κ2) is 20.1. The maximum atomic E-state index is 13.2. The Kier molecular flexibility index (Phi) is 16.8. The second-order valence-corrected chi connectivity index (χ2v) is 11.7. The van der Waals surface area contributed by atoms with Crippen LogP contribution in [0.15, 0.2) is 30.3 Å². The number of aliphatic hydroxyl groups is 1. The van der Waals surface area contributed by atoms with Gasteiger partial charge in [0, 0.05) is 12.1 Å². The number of phenolic OH excluding ortho intramolecular Hbond substituents is 4. The zero-order valence-electron chi connectivity index (χ0n) is 25.8. The van der Waals surface area contributed by atoms with E-state index >= 15 is 0 Å². The molecule has 0 saturated carbocycles. The van der Waals surface area contributed by atoms with Crippen LogP contribution in [0, 0.1) is 0 Å². The third-order valence-corrected chi connectivity index (χ3v) is 7.83. The number of phenols is 4. The van der Waals surface area contributed by atoms with Gasteiger partial charge in [-0.2, -0.15) is 0 Å². The highest BCUT2D eigenvalue weighted by Gasteiger charge is 2.22. The van der Waals surface area contributed by atoms with Gasteiger partial charge in [0.1, 0.15) is 34.7 Å². The van der Waals surface area contributed by atoms with Gasteiger partial charge in [-0.05, 0) is 87.1 Å². The Morgan fingerprint density at radius 2 is 1.19 bits per heavy atom. The lowest BCUT2D eigenvalue weighted by Gasteiger charge is -2.19. The summed E-state index contributed by atoms with van der Waals surface area (Å²) < 4.78 is 5.90. The molecule has 7 heteroatoms. The van der Waals surface area contributed by atoms with Gasteiger partial charge in [-0.25, -0.2) is 4.79 Å². The van der Waals surface area contributed by atoms with E-state index < -0.39 is 5.97 Å². The van der Waals surface area contributed by atoms with Gasteiger partial charge in [-0.1, -0.05) is 71.6 Å². The minimum atomic E-state index is -0.528. The summed E-state index contributed by atoms with van der Waals surface area (Å²) in [5.74, 6) is -0.662. The number of carbonyl (C=O) groups is 1. The SMILES string of the molecule is CCC[C@@H](O)CCCCCCCc1cc(O)cc(O)c1C(=O)O[C@H](CCC)CCCCCCCc1cc(O)cc(O)c1. The Hall–Kier alpha value is -2.93. The van der Waals surface area contributed by atoms with Crippen LogP contribution in [0.4, 0.5) is 0 Å². The Labute approximate surface area is 252 Å². The molecule has 0 unspecified atom stereocenters. The molecule has 2 aromatic rings. The van der Waals surface area contributed by atoms with Crippen molar-refractivity contribution in [1.29, 1.82) is 0 Å². The van der Waals surface area contributed by atoms with E-state index in [1.807, 2.05) is 0 Å². The van der Waals surface area contributed by atoms with E-state index in [-0.39, 0.29) is 40.8 Å². The maximum Gasteiger partial charge on any atom is 0.342 e. The lowest BCUT2D eigenvalue weighted by atomic mass is 9.98. The quantitative estimate of drug-likeness (QED) is 0.0691. The molecule has 0 amide bonds. The summed E-state index contributed by atoms with van der Waals surface area (Å²) >= 11 is 0. The van der Waals surface area contributed by atoms with Crippen molar-refractivity contribution >= 4 is 5.97 Å². The zero-order valence-corrected chi connectivity index (χ0v) is 25.8. The molecule has 0 heterocycles. The normalized spacial score (nSPS) is 12.7. The van der Waals surface area contributed by atoms with Crippen LogP contribution in [0.3, 0.4) is 0 Å². The van der Waals surface area contributed by atoms with E-state index in [2.05, 4.69) is 13.8 Å². The summed E-state index contributed by atoms with van der Waals surface area (Å²) in [5, 5.41) is 49.7. The van der Waals surface area contributed by atoms with Crippen LogP contribution in [-0.2, 0) is 17.6 Å². The van der Waals surface area contributed by atoms with Gasteiger partial charge >= 0.3 is 5.97 Å². The molecule has 0 aliphatic rings. The van der Waals surface area contributed by atoms with Crippen molar-refractivity contribution < 1.29 is 35.1 Å². The molecule has 2 atom stereocenters. The van der Waals surface area contributed by atoms with E-state index in [9.17, 15) is 30.3 Å². The molecule has 7 nitrogen and oxygen atoms in total. The summed E-state index contributed by atoms with van der Waals surface area (Å²) in [6.45, 7) is 4.14. The molecule has 0 spiro atoms. The predicted octanol–water partition coefficient (Wildman–Crippen LogP) is 8.46. The van der Waals surface area contributed by atoms with Crippen molar-refractivity contribution in [3.8, 4) is 23.0 Å². The number of benzene rings is 2. The van der Waals surface area contributed by atoms with Crippen LogP contribution in [0.2, 0.25) is 0 Å². The van der Waals surface area contributed by atoms with Gasteiger partial charge in [0.2, 0.25) is 0 Å². The van der Waals surface area contributed by atoms with Crippen molar-refractivity contribution in [3.05, 3.63) is 47.0 Å². The molecular weight excluding hydrogens is 532 g/mol. The van der Waals surface area contributed by atoms with Gasteiger partial charge in [0.25, 0.3) is 0 Å². The molecule has 42 heavy (non-hydrogen) atoms. The molecule has 5 N–H and O–H groups in total. The fraction of sp³-hybridized carbons (Fsp3) is 0.629. The van der Waals surface area contributed by atoms with E-state index in [1.165, 1.54) is 12.1 Å². The zero-order chi connectivity index (χ0) is 30.7. The lowest BCUT2D eigenvalue weighted by molar-refractivity contribution is 0.0249. The average Bonchev–Trinajstić information content (AvgIpc) is 2.91. The fourth-order valence-electron chi connectivity index (χ4n) is 5.63. The number of unbranched alkanes of at least 4 members (excludes halogenated alkanes) is 8. The van der Waals surface area contributed by atoms with Gasteiger partial charge in [-0.15, -0.1) is 0 Å². The molecule has 0 aliphatic carbocycles. The topological polar surface area (TPSA) is 127 Å². The molecule has 0 aromatic heterocycles. The van der Waals surface area contributed by atoms with Gasteiger partial charge < -0.3 is 30.3 Å². The third kappa shape index (κ3) is 13.8. The van der Waals surface area contributed by atoms with Crippen LogP contribution in [0.1, 0.15) is 138 Å². The molecule has 236 valence electrons. The molecule has 0 fully saturated rings. The van der Waals surface area contributed by atoms with Crippen LogP contribution in [-0.4, -0.2) is 43.7 Å². The fourth-order valence-corrected chi connectivity index (χ4v) is 5.63. The smallest absolute Gasteiger partial charge is 0.342 e. The summed E-state index contributed by atoms with van der Waals surface area (Å²) in [6.07, 6.45) is 16.0. The highest BCUT2D eigenvalue weighted by Crippen LogP contribution is 2.30. The number of rotatable bonds is 22. The van der Waals surface area contributed by atoms with Crippen molar-refractivity contribution in [3.63, 3.8) is 0 Å². The number of carbonyl (C=O) groups excluding carboxylic acids is 1. The van der Waals surface area contributed by atoms with Crippen LogP contribution >= 0.6 is 0 Å². The maximum absolute atomic E-state index is 13.2. The first-order chi connectivity index (χ1) is 20.2. The first-order valence-electron chi connectivity index (χ1n) is 16.2. The van der Waals surface area contributed by atoms with Gasteiger partial charge in [-0.3, -0.25) is 0 Å². The number of aryl methyl sites for hydroxylation is 2. The third-order valence-electron chi connectivity index (χ3n) is 7.83. The van der Waals surface area contributed by atoms with Crippen LogP contribution in [0.5, 0.6) is 23.0 Å². The van der Waals surface area contributed by atoms with Crippen molar-refractivity contribution in [1.82, 2.24) is 0 Å². The number of aliphatic hydroxyl groups excluding tert-OH is 1. The Morgan fingerprint density at radius 3 is 1.83 bits per heavy atom. The largest absolute Gasteiger partial charge is 0.508 e. The molecule has 0 radical (unpaired) electrons. The number of aromatic hydroxyl groups is 4. The Balaban J connectivity index is 1.78. The molecule has 0 bridgehead atoms. The monoisotopic (exact) mass is 586 g/mol. The summed E-state index contributed by atoms with van der Waals surface area (Å²) in [4.78, 5) is 13.2. The summed E-state index contributed by atoms with van der Waals surface area (Å²) in [7, 11) is 0. The Bertz CT molecular complexity index is 1030. The van der Waals surface area contributed by atoms with E-state index in [4.69, 9.17) is 4.74 Å². The Morgan fingerprint density at radius 1 is 0.643 bits per heavy atom. The standard InChI is InChI=1S/C35H54O7/c1-3-15-28(36)19-13-9-6-8-12-18-27-23-31(39)25-33(40)34(27)35(41)42-32(16-4-2)20-14-10-5-7-11-17-26-21-29(37)24-30(38)22-26/h21-25,28,32,36-40H,3-20H2,1-2H3/t28-,32-/m1/s1. The molecule has 2 aromatic carbocycles. The number of esters is 1. The lowest BCUT2D eigenvalue weighted by Crippen LogP contribution is -2.19. The van der Waals surface area contributed by atoms with E-state index in [0.717, 1.165) is 115 Å². The average molecular weight is 587 g/mol. The van der Waals surface area contributed by atoms with Crippen molar-refractivity contribution in [2.75, 3.05) is 0 Å². The second-order valence-electron chi connectivity index (χ2n) is 11.7. The minimum Gasteiger partial charge on any atom is -0.508 e. The van der Waals surface area contributed by atoms with Gasteiger partial charge in [0.15, 0.2) is 0 Å². The summed E-state index contributed by atoms with van der Waals surface area (Å²) in [6, 6.07) is 7.46. The van der Waals surface area contributed by atoms with Crippen LogP contribution in [0.25, 0.3) is 0 Å². The first kappa shape index (κ1) is 35.3. The number of ether oxygens (including phenoxy) is 1. The molecule has 2 rings (SSSR count). The number of hydrogen-bond acceptors (Lipinski definition) is 7. The van der Waals surface area contributed by atoms with E-state index in [0.29, 0.717) is 12.0 Å². The van der Waals surface area contributed by atoms with Crippen molar-refractivity contribution in [2.24, 2.45) is 0 Å². The van der Waals surface area contributed by atoms with E-state index in [1.54, 1.807) is 18.2 Å². The first-order valence-corrected chi connectivity index (χ1v) is 16.2. The van der Waals surface area contributed by atoms with Crippen LogP contribution < -0.4 is 0 Å². The highest BCUT2D eigenvalue weighted by atomic mass is 16.5. The van der Waals surface area contributed by atoms with Crippen molar-refractivity contribution in [2.45, 2.75) is 142 Å². The van der Waals surface area contributed by atoms with Gasteiger partial charge in [0.05, 0.1) is 6.10 Å². The minimum absolute atomic E-state index is 0.0602. The number of hydrogen-bond donors (Lipinski definition) is 5. The molecule has 0 aliphatic heterocycles.